The van der Waals surface area contributed by atoms with Gasteiger partial charge in [0, 0.05) is 6.07 Å². The largest absolute Gasteiger partial charge is 0.497 e. The van der Waals surface area contributed by atoms with Gasteiger partial charge in [0.05, 0.1) is 12.7 Å². The first-order chi connectivity index (χ1) is 8.11. The monoisotopic (exact) mass is 254 g/mol. The van der Waals surface area contributed by atoms with Gasteiger partial charge in [-0.25, -0.2) is 4.39 Å². The molecule has 17 heavy (non-hydrogen) atoms. The number of hydrogen-bond acceptors (Lipinski definition) is 3. The zero-order valence-corrected chi connectivity index (χ0v) is 9.62. The molecule has 0 radical (unpaired) electrons. The van der Waals surface area contributed by atoms with E-state index >= 15 is 0 Å². The van der Waals surface area contributed by atoms with Gasteiger partial charge in [-0.15, -0.1) is 0 Å². The van der Waals surface area contributed by atoms with Crippen molar-refractivity contribution >= 4 is 17.4 Å². The number of methoxy groups -OCH3 is 1. The molecule has 0 amide bonds. The summed E-state index contributed by atoms with van der Waals surface area (Å²) in [7, 11) is 1.42. The lowest BCUT2D eigenvalue weighted by Crippen LogP contribution is -2.03. The van der Waals surface area contributed by atoms with Crippen LogP contribution in [0.15, 0.2) is 34.7 Å². The molecule has 3 nitrogen and oxygen atoms in total. The number of rotatable bonds is 3. The summed E-state index contributed by atoms with van der Waals surface area (Å²) in [5.74, 6) is -0.880. The number of hydrogen-bond donors (Lipinski definition) is 0. The van der Waals surface area contributed by atoms with Gasteiger partial charge in [0.15, 0.2) is 11.0 Å². The first-order valence-electron chi connectivity index (χ1n) is 4.75. The molecule has 0 aliphatic carbocycles. The molecule has 1 aromatic heterocycles. The van der Waals surface area contributed by atoms with Gasteiger partial charge < -0.3 is 9.15 Å². The Bertz CT molecular complexity index is 563. The van der Waals surface area contributed by atoms with Gasteiger partial charge in [-0.3, -0.25) is 4.79 Å². The summed E-state index contributed by atoms with van der Waals surface area (Å²) in [5, 5.41) is 0.0854. The van der Waals surface area contributed by atoms with Gasteiger partial charge >= 0.3 is 0 Å². The van der Waals surface area contributed by atoms with Crippen molar-refractivity contribution < 1.29 is 18.3 Å². The lowest BCUT2D eigenvalue weighted by molar-refractivity contribution is 0.101. The molecule has 1 aromatic carbocycles. The minimum atomic E-state index is -0.665. The Morgan fingerprint density at radius 1 is 1.35 bits per heavy atom. The number of furan rings is 1. The smallest absolute Gasteiger partial charge is 0.231 e. The highest BCUT2D eigenvalue weighted by molar-refractivity contribution is 6.29. The van der Waals surface area contributed by atoms with E-state index in [0.717, 1.165) is 6.07 Å². The van der Waals surface area contributed by atoms with E-state index in [1.165, 1.54) is 31.4 Å². The second kappa shape index (κ2) is 4.59. The van der Waals surface area contributed by atoms with Crippen molar-refractivity contribution in [3.8, 4) is 5.75 Å². The first kappa shape index (κ1) is 11.7. The predicted molar refractivity (Wildman–Crippen MR) is 60.1 cm³/mol. The van der Waals surface area contributed by atoms with Crippen LogP contribution in [-0.4, -0.2) is 12.9 Å². The maximum absolute atomic E-state index is 13.6. The first-order valence-corrected chi connectivity index (χ1v) is 5.13. The Morgan fingerprint density at radius 2 is 2.12 bits per heavy atom. The number of carbonyl (C=O) groups is 1. The second-order valence-corrected chi connectivity index (χ2v) is 3.65. The molecule has 2 rings (SSSR count). The molecule has 0 saturated carbocycles. The third kappa shape index (κ3) is 2.31. The van der Waals surface area contributed by atoms with Crippen LogP contribution in [0.5, 0.6) is 5.75 Å². The van der Waals surface area contributed by atoms with Gasteiger partial charge in [0.1, 0.15) is 11.6 Å². The molecule has 0 fully saturated rings. The Kier molecular flexibility index (Phi) is 3.15. The fourth-order valence-corrected chi connectivity index (χ4v) is 1.52. The van der Waals surface area contributed by atoms with Crippen LogP contribution in [0.2, 0.25) is 5.22 Å². The van der Waals surface area contributed by atoms with Gasteiger partial charge in [0.2, 0.25) is 5.78 Å². The Balaban J connectivity index is 2.37. The summed E-state index contributed by atoms with van der Waals surface area (Å²) in [6, 6.07) is 6.80. The van der Waals surface area contributed by atoms with E-state index in [1.54, 1.807) is 0 Å². The summed E-state index contributed by atoms with van der Waals surface area (Å²) in [6.45, 7) is 0. The summed E-state index contributed by atoms with van der Waals surface area (Å²) in [5.41, 5.74) is -0.0863. The van der Waals surface area contributed by atoms with Crippen LogP contribution in [0.25, 0.3) is 0 Å². The third-order valence-electron chi connectivity index (χ3n) is 2.22. The maximum atomic E-state index is 13.6. The van der Waals surface area contributed by atoms with Crippen LogP contribution in [0.3, 0.4) is 0 Å². The normalized spacial score (nSPS) is 10.3. The zero-order chi connectivity index (χ0) is 12.4. The van der Waals surface area contributed by atoms with E-state index in [1.807, 2.05) is 0 Å². The predicted octanol–water partition coefficient (Wildman–Crippen LogP) is 3.31. The molecule has 1 heterocycles. The SMILES string of the molecule is COc1ccc(C(=O)c2ccc(Cl)o2)c(F)c1. The average Bonchev–Trinajstić information content (AvgIpc) is 2.75. The summed E-state index contributed by atoms with van der Waals surface area (Å²) in [4.78, 5) is 11.8. The van der Waals surface area contributed by atoms with E-state index in [0.29, 0.717) is 5.75 Å². The molecule has 0 aliphatic heterocycles. The van der Waals surface area contributed by atoms with Crippen molar-refractivity contribution in [1.29, 1.82) is 0 Å². The van der Waals surface area contributed by atoms with Crippen LogP contribution < -0.4 is 4.74 Å². The van der Waals surface area contributed by atoms with Gasteiger partial charge in [-0.1, -0.05) is 0 Å². The Labute approximate surface area is 102 Å². The number of benzene rings is 1. The van der Waals surface area contributed by atoms with Gasteiger partial charge in [0.25, 0.3) is 0 Å². The maximum Gasteiger partial charge on any atom is 0.231 e. The molecule has 0 unspecified atom stereocenters. The lowest BCUT2D eigenvalue weighted by Gasteiger charge is -2.03. The molecule has 0 saturated heterocycles. The number of ketones is 1. The topological polar surface area (TPSA) is 39.4 Å². The van der Waals surface area contributed by atoms with E-state index in [9.17, 15) is 9.18 Å². The fourth-order valence-electron chi connectivity index (χ4n) is 1.38. The van der Waals surface area contributed by atoms with Crippen molar-refractivity contribution in [2.24, 2.45) is 0 Å². The Morgan fingerprint density at radius 3 is 2.65 bits per heavy atom. The van der Waals surface area contributed by atoms with Crippen molar-refractivity contribution in [1.82, 2.24) is 0 Å². The van der Waals surface area contributed by atoms with Crippen LogP contribution in [0.1, 0.15) is 16.1 Å². The van der Waals surface area contributed by atoms with E-state index in [-0.39, 0.29) is 16.5 Å². The van der Waals surface area contributed by atoms with Gasteiger partial charge in [-0.05, 0) is 35.9 Å². The summed E-state index contributed by atoms with van der Waals surface area (Å²) in [6.07, 6.45) is 0. The molecular formula is C12H8ClFO3. The minimum absolute atomic E-state index is 0.000864. The Hall–Kier alpha value is -1.81. The van der Waals surface area contributed by atoms with Crippen LogP contribution in [-0.2, 0) is 0 Å². The minimum Gasteiger partial charge on any atom is -0.497 e. The molecule has 5 heteroatoms. The molecule has 88 valence electrons. The number of ether oxygens (including phenoxy) is 1. The molecule has 0 aliphatic rings. The zero-order valence-electron chi connectivity index (χ0n) is 8.87. The van der Waals surface area contributed by atoms with Crippen molar-refractivity contribution in [3.63, 3.8) is 0 Å². The fraction of sp³-hybridized carbons (Fsp3) is 0.0833. The molecule has 0 bridgehead atoms. The molecule has 0 N–H and O–H groups in total. The summed E-state index contributed by atoms with van der Waals surface area (Å²) < 4.78 is 23.4. The van der Waals surface area contributed by atoms with E-state index in [4.69, 9.17) is 20.8 Å². The highest BCUT2D eigenvalue weighted by Crippen LogP contribution is 2.21. The van der Waals surface area contributed by atoms with Crippen molar-refractivity contribution in [3.05, 3.63) is 52.7 Å². The highest BCUT2D eigenvalue weighted by atomic mass is 35.5. The average molecular weight is 255 g/mol. The number of carbonyl (C=O) groups excluding carboxylic acids is 1. The summed E-state index contributed by atoms with van der Waals surface area (Å²) >= 11 is 5.55. The van der Waals surface area contributed by atoms with E-state index in [2.05, 4.69) is 0 Å². The van der Waals surface area contributed by atoms with Crippen molar-refractivity contribution in [2.75, 3.05) is 7.11 Å². The second-order valence-electron chi connectivity index (χ2n) is 3.28. The van der Waals surface area contributed by atoms with Gasteiger partial charge in [-0.2, -0.15) is 0 Å². The molecule has 0 spiro atoms. The number of halogens is 2. The highest BCUT2D eigenvalue weighted by Gasteiger charge is 2.17. The molecule has 0 atom stereocenters. The molecular weight excluding hydrogens is 247 g/mol. The standard InChI is InChI=1S/C12H8ClFO3/c1-16-7-2-3-8(9(14)6-7)12(15)10-4-5-11(13)17-10/h2-6H,1H3. The molecule has 2 aromatic rings. The quantitative estimate of drug-likeness (QED) is 0.789. The third-order valence-corrected chi connectivity index (χ3v) is 2.42. The van der Waals surface area contributed by atoms with E-state index < -0.39 is 11.6 Å². The van der Waals surface area contributed by atoms with Crippen LogP contribution >= 0.6 is 11.6 Å². The van der Waals surface area contributed by atoms with Crippen LogP contribution in [0, 0.1) is 5.82 Å². The van der Waals surface area contributed by atoms with Crippen LogP contribution in [0.4, 0.5) is 4.39 Å². The van der Waals surface area contributed by atoms with Crippen molar-refractivity contribution in [2.45, 2.75) is 0 Å². The lowest BCUT2D eigenvalue weighted by atomic mass is 10.1.